The summed E-state index contributed by atoms with van der Waals surface area (Å²) < 4.78 is 12.8. The van der Waals surface area contributed by atoms with E-state index >= 15 is 0 Å². The summed E-state index contributed by atoms with van der Waals surface area (Å²) in [6.45, 7) is 0.346. The number of nitrogens with one attached hydrogen (secondary N) is 1. The van der Waals surface area contributed by atoms with E-state index in [9.17, 15) is 4.39 Å². The monoisotopic (exact) mass is 155 g/mol. The number of hydrogen-bond acceptors (Lipinski definition) is 2. The molecule has 0 aromatic heterocycles. The molecule has 0 heterocycles. The van der Waals surface area contributed by atoms with Gasteiger partial charge in [0.25, 0.3) is 0 Å². The Morgan fingerprint density at radius 3 is 2.82 bits per heavy atom. The average molecular weight is 155 g/mol. The maximum Gasteiger partial charge on any atom is 0.131 e. The molecule has 3 heteroatoms. The van der Waals surface area contributed by atoms with Crippen molar-refractivity contribution in [1.82, 2.24) is 5.32 Å². The largest absolute Gasteiger partial charge is 0.508 e. The Morgan fingerprint density at radius 1 is 1.55 bits per heavy atom. The Hall–Kier alpha value is -1.09. The summed E-state index contributed by atoms with van der Waals surface area (Å²) in [5, 5.41) is 11.9. The Balaban J connectivity index is 3.00. The van der Waals surface area contributed by atoms with Crippen molar-refractivity contribution in [3.05, 3.63) is 29.6 Å². The molecule has 0 aliphatic carbocycles. The Bertz CT molecular complexity index is 230. The summed E-state index contributed by atoms with van der Waals surface area (Å²) in [7, 11) is 1.70. The van der Waals surface area contributed by atoms with Crippen LogP contribution in [0.2, 0.25) is 0 Å². The summed E-state index contributed by atoms with van der Waals surface area (Å²) in [6, 6.07) is 4.27. The second kappa shape index (κ2) is 3.34. The molecule has 0 bridgehead atoms. The van der Waals surface area contributed by atoms with Crippen molar-refractivity contribution in [3.8, 4) is 5.75 Å². The van der Waals surface area contributed by atoms with E-state index in [1.165, 1.54) is 18.2 Å². The van der Waals surface area contributed by atoms with Crippen LogP contribution < -0.4 is 5.32 Å². The molecule has 2 nitrogen and oxygen atoms in total. The second-order valence-corrected chi connectivity index (χ2v) is 2.27. The van der Waals surface area contributed by atoms with Crippen molar-refractivity contribution in [3.63, 3.8) is 0 Å². The van der Waals surface area contributed by atoms with Crippen molar-refractivity contribution in [2.75, 3.05) is 7.05 Å². The predicted molar refractivity (Wildman–Crippen MR) is 40.8 cm³/mol. The molecule has 0 aliphatic heterocycles. The van der Waals surface area contributed by atoms with Crippen molar-refractivity contribution < 1.29 is 9.50 Å². The molecule has 0 aliphatic rings. The van der Waals surface area contributed by atoms with Crippen molar-refractivity contribution in [2.24, 2.45) is 0 Å². The van der Waals surface area contributed by atoms with E-state index in [2.05, 4.69) is 5.32 Å². The van der Waals surface area contributed by atoms with Gasteiger partial charge in [0, 0.05) is 12.1 Å². The lowest BCUT2D eigenvalue weighted by molar-refractivity contribution is 0.456. The number of phenols is 1. The summed E-state index contributed by atoms with van der Waals surface area (Å²) >= 11 is 0. The van der Waals surface area contributed by atoms with Crippen molar-refractivity contribution in [2.45, 2.75) is 6.54 Å². The smallest absolute Gasteiger partial charge is 0.131 e. The number of halogens is 1. The van der Waals surface area contributed by atoms with E-state index in [0.717, 1.165) is 0 Å². The molecule has 0 unspecified atom stereocenters. The molecule has 2 N–H and O–H groups in total. The van der Waals surface area contributed by atoms with E-state index in [1.807, 2.05) is 0 Å². The van der Waals surface area contributed by atoms with Gasteiger partial charge in [0.15, 0.2) is 0 Å². The highest BCUT2D eigenvalue weighted by molar-refractivity contribution is 5.32. The minimum absolute atomic E-state index is 0.000602. The van der Waals surface area contributed by atoms with Crippen LogP contribution in [0.25, 0.3) is 0 Å². The third kappa shape index (κ3) is 1.68. The number of rotatable bonds is 2. The first kappa shape index (κ1) is 8.01. The van der Waals surface area contributed by atoms with Gasteiger partial charge < -0.3 is 10.4 Å². The topological polar surface area (TPSA) is 32.3 Å². The molecular weight excluding hydrogens is 145 g/mol. The van der Waals surface area contributed by atoms with Crippen LogP contribution in [0.3, 0.4) is 0 Å². The zero-order chi connectivity index (χ0) is 8.27. The van der Waals surface area contributed by atoms with Gasteiger partial charge in [-0.3, -0.25) is 0 Å². The molecule has 0 radical (unpaired) electrons. The summed E-state index contributed by atoms with van der Waals surface area (Å²) in [4.78, 5) is 0. The molecule has 0 fully saturated rings. The van der Waals surface area contributed by atoms with E-state index in [0.29, 0.717) is 12.1 Å². The number of phenolic OH excluding ortho intramolecular Hbond substituents is 1. The summed E-state index contributed by atoms with van der Waals surface area (Å²) in [5.74, 6) is -0.376. The molecule has 0 spiro atoms. The molecular formula is C8H10FNO. The third-order valence-electron chi connectivity index (χ3n) is 1.45. The SMILES string of the molecule is CNCc1c(O)cccc1F. The van der Waals surface area contributed by atoms with Crippen LogP contribution >= 0.6 is 0 Å². The number of benzene rings is 1. The molecule has 60 valence electrons. The quantitative estimate of drug-likeness (QED) is 0.673. The fourth-order valence-electron chi connectivity index (χ4n) is 0.899. The number of aromatic hydroxyl groups is 1. The van der Waals surface area contributed by atoms with E-state index < -0.39 is 0 Å². The van der Waals surface area contributed by atoms with Crippen LogP contribution in [0, 0.1) is 5.82 Å². The molecule has 11 heavy (non-hydrogen) atoms. The second-order valence-electron chi connectivity index (χ2n) is 2.27. The normalized spacial score (nSPS) is 10.0. The first-order chi connectivity index (χ1) is 5.25. The van der Waals surface area contributed by atoms with Crippen LogP contribution in [0.5, 0.6) is 5.75 Å². The summed E-state index contributed by atoms with van der Waals surface area (Å²) in [6.07, 6.45) is 0. The number of hydrogen-bond donors (Lipinski definition) is 2. The van der Waals surface area contributed by atoms with Gasteiger partial charge in [0.05, 0.1) is 0 Å². The first-order valence-electron chi connectivity index (χ1n) is 3.36. The van der Waals surface area contributed by atoms with Crippen LogP contribution in [0.4, 0.5) is 4.39 Å². The highest BCUT2D eigenvalue weighted by Gasteiger charge is 2.04. The van der Waals surface area contributed by atoms with Gasteiger partial charge in [0.1, 0.15) is 11.6 Å². The minimum atomic E-state index is -0.376. The van der Waals surface area contributed by atoms with Gasteiger partial charge in [-0.05, 0) is 19.2 Å². The van der Waals surface area contributed by atoms with Gasteiger partial charge in [-0.1, -0.05) is 6.07 Å². The maximum absolute atomic E-state index is 12.8. The van der Waals surface area contributed by atoms with E-state index in [4.69, 9.17) is 5.11 Å². The van der Waals surface area contributed by atoms with E-state index in [1.54, 1.807) is 7.05 Å². The van der Waals surface area contributed by atoms with Crippen LogP contribution in [-0.4, -0.2) is 12.2 Å². The Kier molecular flexibility index (Phi) is 2.44. The molecule has 1 aromatic rings. The van der Waals surface area contributed by atoms with Gasteiger partial charge in [-0.25, -0.2) is 4.39 Å². The van der Waals surface area contributed by atoms with Crippen molar-refractivity contribution >= 4 is 0 Å². The van der Waals surface area contributed by atoms with Crippen LogP contribution in [0.1, 0.15) is 5.56 Å². The molecule has 0 saturated heterocycles. The van der Waals surface area contributed by atoms with Gasteiger partial charge in [-0.15, -0.1) is 0 Å². The fraction of sp³-hybridized carbons (Fsp3) is 0.250. The molecule has 0 amide bonds. The zero-order valence-corrected chi connectivity index (χ0v) is 6.26. The third-order valence-corrected chi connectivity index (χ3v) is 1.45. The highest BCUT2D eigenvalue weighted by atomic mass is 19.1. The van der Waals surface area contributed by atoms with Gasteiger partial charge in [0.2, 0.25) is 0 Å². The van der Waals surface area contributed by atoms with Crippen molar-refractivity contribution in [1.29, 1.82) is 0 Å². The molecule has 1 rings (SSSR count). The molecule has 1 aromatic carbocycles. The lowest BCUT2D eigenvalue weighted by atomic mass is 10.2. The summed E-state index contributed by atoms with van der Waals surface area (Å²) in [5.41, 5.74) is 0.315. The minimum Gasteiger partial charge on any atom is -0.508 e. The highest BCUT2D eigenvalue weighted by Crippen LogP contribution is 2.18. The molecule has 0 saturated carbocycles. The Morgan fingerprint density at radius 2 is 2.27 bits per heavy atom. The van der Waals surface area contributed by atoms with E-state index in [-0.39, 0.29) is 11.6 Å². The fourth-order valence-corrected chi connectivity index (χ4v) is 0.899. The lowest BCUT2D eigenvalue weighted by Crippen LogP contribution is -2.06. The first-order valence-corrected chi connectivity index (χ1v) is 3.36. The van der Waals surface area contributed by atoms with Crippen LogP contribution in [-0.2, 0) is 6.54 Å². The predicted octanol–water partition coefficient (Wildman–Crippen LogP) is 1.25. The standard InChI is InChI=1S/C8H10FNO/c1-10-5-6-7(9)3-2-4-8(6)11/h2-4,10-11H,5H2,1H3. The lowest BCUT2D eigenvalue weighted by Gasteiger charge is -2.03. The van der Waals surface area contributed by atoms with Gasteiger partial charge >= 0.3 is 0 Å². The molecule has 0 atom stereocenters. The zero-order valence-electron chi connectivity index (χ0n) is 6.26. The Labute approximate surface area is 64.7 Å². The average Bonchev–Trinajstić information content (AvgIpc) is 1.97. The van der Waals surface area contributed by atoms with Crippen LogP contribution in [0.15, 0.2) is 18.2 Å². The maximum atomic E-state index is 12.8. The van der Waals surface area contributed by atoms with Gasteiger partial charge in [-0.2, -0.15) is 0 Å².